The summed E-state index contributed by atoms with van der Waals surface area (Å²) in [6.45, 7) is 2.37. The van der Waals surface area contributed by atoms with Gasteiger partial charge in [-0.2, -0.15) is 0 Å². The molecule has 1 heterocycles. The third-order valence-electron chi connectivity index (χ3n) is 3.72. The van der Waals surface area contributed by atoms with E-state index in [1.807, 2.05) is 55.5 Å². The minimum absolute atomic E-state index is 0.214. The first kappa shape index (κ1) is 16.9. The summed E-state index contributed by atoms with van der Waals surface area (Å²) in [5.74, 6) is 0.194. The third-order valence-corrected chi connectivity index (χ3v) is 4.13. The number of hydrogen-bond donors (Lipinski definition) is 2. The fraction of sp³-hybridized carbons (Fsp3) is 0.105. The van der Waals surface area contributed by atoms with Gasteiger partial charge in [0.15, 0.2) is 0 Å². The molecule has 1 amide bonds. The first-order chi connectivity index (χ1) is 12.1. The summed E-state index contributed by atoms with van der Waals surface area (Å²) in [4.78, 5) is 20.5. The first-order valence-electron chi connectivity index (χ1n) is 7.80. The number of hydrogen-bond acceptors (Lipinski definition) is 4. The molecule has 3 aromatic rings. The predicted molar refractivity (Wildman–Crippen MR) is 99.1 cm³/mol. The highest BCUT2D eigenvalue weighted by atomic mass is 35.5. The van der Waals surface area contributed by atoms with Crippen molar-refractivity contribution < 1.29 is 4.79 Å². The lowest BCUT2D eigenvalue weighted by atomic mass is 10.2. The molecule has 0 spiro atoms. The highest BCUT2D eigenvalue weighted by molar-refractivity contribution is 6.31. The molecule has 0 aliphatic heterocycles. The molecule has 0 aliphatic carbocycles. The Hall–Kier alpha value is -2.92. The molecule has 1 aromatic heterocycles. The maximum atomic E-state index is 12.2. The van der Waals surface area contributed by atoms with Crippen LogP contribution in [-0.2, 0) is 6.54 Å². The van der Waals surface area contributed by atoms with Gasteiger partial charge in [-0.1, -0.05) is 48.0 Å². The molecule has 126 valence electrons. The second-order valence-electron chi connectivity index (χ2n) is 5.50. The molecular formula is C19H17ClN4O. The molecule has 3 rings (SSSR count). The monoisotopic (exact) mass is 352 g/mol. The SMILES string of the molecule is Cc1c(Cl)cccc1Nc1ncc(C(=O)NCc2ccccc2)cn1. The van der Waals surface area contributed by atoms with Crippen LogP contribution in [0, 0.1) is 6.92 Å². The average Bonchev–Trinajstić information content (AvgIpc) is 2.65. The molecule has 0 atom stereocenters. The molecular weight excluding hydrogens is 336 g/mol. The minimum atomic E-state index is -0.214. The highest BCUT2D eigenvalue weighted by Gasteiger charge is 2.08. The number of benzene rings is 2. The molecule has 0 fully saturated rings. The zero-order valence-electron chi connectivity index (χ0n) is 13.7. The van der Waals surface area contributed by atoms with Crippen molar-refractivity contribution in [3.8, 4) is 0 Å². The number of carbonyl (C=O) groups excluding carboxylic acids is 1. The van der Waals surface area contributed by atoms with Gasteiger partial charge < -0.3 is 10.6 Å². The predicted octanol–water partition coefficient (Wildman–Crippen LogP) is 4.11. The van der Waals surface area contributed by atoms with Crippen LogP contribution >= 0.6 is 11.6 Å². The van der Waals surface area contributed by atoms with Crippen LogP contribution in [0.1, 0.15) is 21.5 Å². The smallest absolute Gasteiger partial charge is 0.254 e. The van der Waals surface area contributed by atoms with Crippen molar-refractivity contribution in [2.24, 2.45) is 0 Å². The fourth-order valence-corrected chi connectivity index (χ4v) is 2.43. The van der Waals surface area contributed by atoms with Crippen molar-refractivity contribution in [3.05, 3.63) is 82.6 Å². The Morgan fingerprint density at radius 2 is 1.76 bits per heavy atom. The van der Waals surface area contributed by atoms with Crippen molar-refractivity contribution in [3.63, 3.8) is 0 Å². The number of amides is 1. The summed E-state index contributed by atoms with van der Waals surface area (Å²) in [5, 5.41) is 6.61. The van der Waals surface area contributed by atoms with E-state index < -0.39 is 0 Å². The van der Waals surface area contributed by atoms with Crippen LogP contribution in [0.4, 0.5) is 11.6 Å². The van der Waals surface area contributed by atoms with E-state index >= 15 is 0 Å². The van der Waals surface area contributed by atoms with Gasteiger partial charge in [-0.15, -0.1) is 0 Å². The van der Waals surface area contributed by atoms with Gasteiger partial charge in [-0.25, -0.2) is 9.97 Å². The summed E-state index contributed by atoms with van der Waals surface area (Å²) >= 11 is 6.10. The van der Waals surface area contributed by atoms with E-state index in [1.54, 1.807) is 0 Å². The second-order valence-corrected chi connectivity index (χ2v) is 5.91. The summed E-state index contributed by atoms with van der Waals surface area (Å²) < 4.78 is 0. The van der Waals surface area contributed by atoms with Gasteiger partial charge in [0.1, 0.15) is 0 Å². The van der Waals surface area contributed by atoms with Crippen molar-refractivity contribution in [1.82, 2.24) is 15.3 Å². The zero-order valence-corrected chi connectivity index (χ0v) is 14.4. The maximum Gasteiger partial charge on any atom is 0.254 e. The number of carbonyl (C=O) groups is 1. The second kappa shape index (κ2) is 7.77. The van der Waals surface area contributed by atoms with E-state index in [-0.39, 0.29) is 5.91 Å². The van der Waals surface area contributed by atoms with Gasteiger partial charge in [-0.05, 0) is 30.2 Å². The quantitative estimate of drug-likeness (QED) is 0.725. The largest absolute Gasteiger partial charge is 0.348 e. The van der Waals surface area contributed by atoms with E-state index in [4.69, 9.17) is 11.6 Å². The van der Waals surface area contributed by atoms with E-state index in [0.29, 0.717) is 23.1 Å². The molecule has 2 aromatic carbocycles. The van der Waals surface area contributed by atoms with Crippen LogP contribution in [0.5, 0.6) is 0 Å². The molecule has 0 aliphatic rings. The van der Waals surface area contributed by atoms with Crippen LogP contribution in [0.25, 0.3) is 0 Å². The number of nitrogens with one attached hydrogen (secondary N) is 2. The molecule has 0 bridgehead atoms. The zero-order chi connectivity index (χ0) is 17.6. The summed E-state index contributed by atoms with van der Waals surface area (Å²) in [5.41, 5.74) is 3.18. The van der Waals surface area contributed by atoms with Crippen molar-refractivity contribution in [1.29, 1.82) is 0 Å². The lowest BCUT2D eigenvalue weighted by molar-refractivity contribution is 0.0950. The fourth-order valence-electron chi connectivity index (χ4n) is 2.25. The van der Waals surface area contributed by atoms with Crippen LogP contribution in [0.15, 0.2) is 60.9 Å². The van der Waals surface area contributed by atoms with Gasteiger partial charge in [0.2, 0.25) is 5.95 Å². The Morgan fingerprint density at radius 1 is 1.04 bits per heavy atom. The van der Waals surface area contributed by atoms with Crippen molar-refractivity contribution in [2.45, 2.75) is 13.5 Å². The van der Waals surface area contributed by atoms with E-state index in [1.165, 1.54) is 12.4 Å². The minimum Gasteiger partial charge on any atom is -0.348 e. The standard InChI is InChI=1S/C19H17ClN4O/c1-13-16(20)8-5-9-17(13)24-19-22-11-15(12-23-19)18(25)21-10-14-6-3-2-4-7-14/h2-9,11-12H,10H2,1H3,(H,21,25)(H,22,23,24). The molecule has 5 nitrogen and oxygen atoms in total. The van der Waals surface area contributed by atoms with Crippen LogP contribution in [0.2, 0.25) is 5.02 Å². The maximum absolute atomic E-state index is 12.2. The van der Waals surface area contributed by atoms with Gasteiger partial charge >= 0.3 is 0 Å². The van der Waals surface area contributed by atoms with Crippen molar-refractivity contribution in [2.75, 3.05) is 5.32 Å². The van der Waals surface area contributed by atoms with E-state index in [0.717, 1.165) is 16.8 Å². The Kier molecular flexibility index (Phi) is 5.26. The number of rotatable bonds is 5. The third kappa shape index (κ3) is 4.33. The van der Waals surface area contributed by atoms with Crippen LogP contribution in [-0.4, -0.2) is 15.9 Å². The number of anilines is 2. The molecule has 0 saturated heterocycles. The van der Waals surface area contributed by atoms with Gasteiger partial charge in [-0.3, -0.25) is 4.79 Å². The van der Waals surface area contributed by atoms with E-state index in [2.05, 4.69) is 20.6 Å². The highest BCUT2D eigenvalue weighted by Crippen LogP contribution is 2.24. The molecule has 6 heteroatoms. The number of halogens is 1. The molecule has 0 saturated carbocycles. The average molecular weight is 353 g/mol. The molecule has 0 unspecified atom stereocenters. The van der Waals surface area contributed by atoms with Gasteiger partial charge in [0.05, 0.1) is 5.56 Å². The number of aromatic nitrogens is 2. The Labute approximate surface area is 151 Å². The normalized spacial score (nSPS) is 10.3. The topological polar surface area (TPSA) is 66.9 Å². The Morgan fingerprint density at radius 3 is 2.48 bits per heavy atom. The Balaban J connectivity index is 1.63. The Bertz CT molecular complexity index is 866. The molecule has 2 N–H and O–H groups in total. The van der Waals surface area contributed by atoms with Crippen LogP contribution in [0.3, 0.4) is 0 Å². The van der Waals surface area contributed by atoms with Gasteiger partial charge in [0, 0.05) is 29.6 Å². The molecule has 0 radical (unpaired) electrons. The summed E-state index contributed by atoms with van der Waals surface area (Å²) in [7, 11) is 0. The van der Waals surface area contributed by atoms with E-state index in [9.17, 15) is 4.79 Å². The van der Waals surface area contributed by atoms with Crippen molar-refractivity contribution >= 4 is 29.1 Å². The first-order valence-corrected chi connectivity index (χ1v) is 8.17. The summed E-state index contributed by atoms with van der Waals surface area (Å²) in [6.07, 6.45) is 2.99. The lowest BCUT2D eigenvalue weighted by Crippen LogP contribution is -2.23. The molecule has 25 heavy (non-hydrogen) atoms. The lowest BCUT2D eigenvalue weighted by Gasteiger charge is -2.09. The van der Waals surface area contributed by atoms with Crippen LogP contribution < -0.4 is 10.6 Å². The number of nitrogens with zero attached hydrogens (tertiary/aromatic N) is 2. The summed E-state index contributed by atoms with van der Waals surface area (Å²) in [6, 6.07) is 15.3. The van der Waals surface area contributed by atoms with Gasteiger partial charge in [0.25, 0.3) is 5.91 Å².